The lowest BCUT2D eigenvalue weighted by Crippen LogP contribution is -2.29. The molecule has 1 aromatic rings. The standard InChI is InChI=1S/C15H21NO4/c1-4-7-12(15(18)19-5-2)20-14(17)11-9-6-8-10(3)13(11)16/h6,8-9,12H,4-5,7,16H2,1-3H3. The number of benzene rings is 1. The van der Waals surface area contributed by atoms with Gasteiger partial charge in [-0.15, -0.1) is 0 Å². The Morgan fingerprint density at radius 2 is 2.00 bits per heavy atom. The number of carbonyl (C=O) groups is 2. The molecule has 20 heavy (non-hydrogen) atoms. The molecule has 0 amide bonds. The molecule has 1 aromatic carbocycles. The van der Waals surface area contributed by atoms with Gasteiger partial charge in [0, 0.05) is 5.69 Å². The van der Waals surface area contributed by atoms with Crippen molar-refractivity contribution in [2.24, 2.45) is 0 Å². The van der Waals surface area contributed by atoms with Crippen LogP contribution in [0.5, 0.6) is 0 Å². The van der Waals surface area contributed by atoms with E-state index in [0.717, 1.165) is 5.56 Å². The normalized spacial score (nSPS) is 11.8. The fraction of sp³-hybridized carbons (Fsp3) is 0.467. The van der Waals surface area contributed by atoms with Gasteiger partial charge in [0.25, 0.3) is 0 Å². The predicted octanol–water partition coefficient (Wildman–Crippen LogP) is 2.47. The maximum atomic E-state index is 12.1. The van der Waals surface area contributed by atoms with Crippen LogP contribution in [-0.4, -0.2) is 24.6 Å². The Kier molecular flexibility index (Phi) is 6.03. The Bertz CT molecular complexity index is 485. The lowest BCUT2D eigenvalue weighted by atomic mass is 10.1. The molecule has 1 unspecified atom stereocenters. The minimum atomic E-state index is -0.882. The van der Waals surface area contributed by atoms with Gasteiger partial charge in [0.05, 0.1) is 12.2 Å². The highest BCUT2D eigenvalue weighted by Crippen LogP contribution is 2.19. The molecular formula is C15H21NO4. The lowest BCUT2D eigenvalue weighted by Gasteiger charge is -2.16. The zero-order valence-corrected chi connectivity index (χ0v) is 12.1. The summed E-state index contributed by atoms with van der Waals surface area (Å²) in [4.78, 5) is 23.8. The van der Waals surface area contributed by atoms with Crippen molar-refractivity contribution < 1.29 is 19.1 Å². The van der Waals surface area contributed by atoms with Crippen LogP contribution in [0.25, 0.3) is 0 Å². The van der Waals surface area contributed by atoms with Crippen molar-refractivity contribution in [2.75, 3.05) is 12.3 Å². The zero-order valence-electron chi connectivity index (χ0n) is 12.1. The highest BCUT2D eigenvalue weighted by atomic mass is 16.6. The second-order valence-corrected chi connectivity index (χ2v) is 4.47. The number of hydrogen-bond donors (Lipinski definition) is 1. The van der Waals surface area contributed by atoms with E-state index >= 15 is 0 Å². The number of aryl methyl sites for hydroxylation is 1. The molecular weight excluding hydrogens is 258 g/mol. The van der Waals surface area contributed by atoms with E-state index in [4.69, 9.17) is 15.2 Å². The molecule has 0 spiro atoms. The Hall–Kier alpha value is -2.04. The fourth-order valence-electron chi connectivity index (χ4n) is 1.77. The van der Waals surface area contributed by atoms with E-state index in [2.05, 4.69) is 0 Å². The van der Waals surface area contributed by atoms with Crippen molar-refractivity contribution in [3.63, 3.8) is 0 Å². The van der Waals surface area contributed by atoms with Crippen LogP contribution in [0, 0.1) is 6.92 Å². The first-order valence-corrected chi connectivity index (χ1v) is 6.73. The average molecular weight is 279 g/mol. The van der Waals surface area contributed by atoms with Crippen LogP contribution >= 0.6 is 0 Å². The summed E-state index contributed by atoms with van der Waals surface area (Å²) in [5, 5.41) is 0. The second-order valence-electron chi connectivity index (χ2n) is 4.47. The van der Waals surface area contributed by atoms with E-state index in [0.29, 0.717) is 18.5 Å². The monoisotopic (exact) mass is 279 g/mol. The minimum Gasteiger partial charge on any atom is -0.463 e. The molecule has 0 heterocycles. The van der Waals surface area contributed by atoms with Crippen molar-refractivity contribution in [1.29, 1.82) is 0 Å². The van der Waals surface area contributed by atoms with Crippen molar-refractivity contribution in [3.05, 3.63) is 29.3 Å². The van der Waals surface area contributed by atoms with Gasteiger partial charge in [-0.05, 0) is 31.9 Å². The molecule has 1 atom stereocenters. The van der Waals surface area contributed by atoms with E-state index < -0.39 is 18.0 Å². The number of hydrogen-bond acceptors (Lipinski definition) is 5. The van der Waals surface area contributed by atoms with Crippen molar-refractivity contribution in [1.82, 2.24) is 0 Å². The first-order chi connectivity index (χ1) is 9.51. The molecule has 0 aliphatic heterocycles. The van der Waals surface area contributed by atoms with Crippen molar-refractivity contribution in [2.45, 2.75) is 39.7 Å². The molecule has 0 radical (unpaired) electrons. The maximum absolute atomic E-state index is 12.1. The average Bonchev–Trinajstić information content (AvgIpc) is 2.41. The van der Waals surface area contributed by atoms with Crippen LogP contribution in [0.3, 0.4) is 0 Å². The molecule has 110 valence electrons. The first-order valence-electron chi connectivity index (χ1n) is 6.73. The van der Waals surface area contributed by atoms with Gasteiger partial charge in [-0.2, -0.15) is 0 Å². The summed E-state index contributed by atoms with van der Waals surface area (Å²) in [5.74, 6) is -1.12. The van der Waals surface area contributed by atoms with Gasteiger partial charge in [-0.3, -0.25) is 0 Å². The van der Waals surface area contributed by atoms with Gasteiger partial charge in [0.2, 0.25) is 0 Å². The zero-order chi connectivity index (χ0) is 15.1. The van der Waals surface area contributed by atoms with Gasteiger partial charge >= 0.3 is 11.9 Å². The van der Waals surface area contributed by atoms with Crippen LogP contribution in [0.2, 0.25) is 0 Å². The van der Waals surface area contributed by atoms with Gasteiger partial charge < -0.3 is 15.2 Å². The van der Waals surface area contributed by atoms with E-state index in [1.54, 1.807) is 32.0 Å². The molecule has 5 heteroatoms. The third-order valence-corrected chi connectivity index (χ3v) is 2.89. The summed E-state index contributed by atoms with van der Waals surface area (Å²) in [6.45, 7) is 5.67. The summed E-state index contributed by atoms with van der Waals surface area (Å²) in [6.07, 6.45) is 0.253. The van der Waals surface area contributed by atoms with Crippen LogP contribution < -0.4 is 5.73 Å². The number of rotatable bonds is 6. The third-order valence-electron chi connectivity index (χ3n) is 2.89. The quantitative estimate of drug-likeness (QED) is 0.639. The molecule has 0 saturated heterocycles. The summed E-state index contributed by atoms with van der Waals surface area (Å²) in [6, 6.07) is 5.11. The molecule has 5 nitrogen and oxygen atoms in total. The van der Waals surface area contributed by atoms with E-state index in [1.165, 1.54) is 0 Å². The second kappa shape index (κ2) is 7.53. The molecule has 0 aromatic heterocycles. The number of nitrogen functional groups attached to an aromatic ring is 1. The highest BCUT2D eigenvalue weighted by molar-refractivity contribution is 5.97. The van der Waals surface area contributed by atoms with E-state index in [-0.39, 0.29) is 12.2 Å². The Morgan fingerprint density at radius 1 is 1.30 bits per heavy atom. The van der Waals surface area contributed by atoms with Crippen LogP contribution in [0.1, 0.15) is 42.6 Å². The molecule has 0 bridgehead atoms. The number of nitrogens with two attached hydrogens (primary N) is 1. The molecule has 0 aliphatic carbocycles. The molecule has 0 aliphatic rings. The van der Waals surface area contributed by atoms with Gasteiger partial charge in [-0.1, -0.05) is 25.5 Å². The van der Waals surface area contributed by atoms with Gasteiger partial charge in [0.1, 0.15) is 0 Å². The number of esters is 2. The first kappa shape index (κ1) is 16.0. The highest BCUT2D eigenvalue weighted by Gasteiger charge is 2.25. The predicted molar refractivity (Wildman–Crippen MR) is 76.3 cm³/mol. The Morgan fingerprint density at radius 3 is 2.60 bits per heavy atom. The number of anilines is 1. The molecule has 0 saturated carbocycles. The molecule has 0 fully saturated rings. The van der Waals surface area contributed by atoms with Gasteiger partial charge in [0.15, 0.2) is 6.10 Å². The summed E-state index contributed by atoms with van der Waals surface area (Å²) >= 11 is 0. The van der Waals surface area contributed by atoms with E-state index in [9.17, 15) is 9.59 Å². The third kappa shape index (κ3) is 3.98. The largest absolute Gasteiger partial charge is 0.463 e. The minimum absolute atomic E-state index is 0.253. The topological polar surface area (TPSA) is 78.6 Å². The smallest absolute Gasteiger partial charge is 0.347 e. The summed E-state index contributed by atoms with van der Waals surface area (Å²) in [7, 11) is 0. The van der Waals surface area contributed by atoms with Crippen LogP contribution in [0.4, 0.5) is 5.69 Å². The SMILES string of the molecule is CCCC(OC(=O)c1cccc(C)c1N)C(=O)OCC. The number of carbonyl (C=O) groups excluding carboxylic acids is 2. The van der Waals surface area contributed by atoms with E-state index in [1.807, 2.05) is 6.92 Å². The maximum Gasteiger partial charge on any atom is 0.347 e. The molecule has 2 N–H and O–H groups in total. The number of ether oxygens (including phenoxy) is 2. The van der Waals surface area contributed by atoms with Crippen LogP contribution in [0.15, 0.2) is 18.2 Å². The summed E-state index contributed by atoms with van der Waals surface area (Å²) in [5.41, 5.74) is 7.29. The Labute approximate surface area is 119 Å². The molecule has 1 rings (SSSR count). The Balaban J connectivity index is 2.85. The van der Waals surface area contributed by atoms with Crippen molar-refractivity contribution >= 4 is 17.6 Å². The van der Waals surface area contributed by atoms with Crippen molar-refractivity contribution in [3.8, 4) is 0 Å². The van der Waals surface area contributed by atoms with Gasteiger partial charge in [-0.25, -0.2) is 9.59 Å². The summed E-state index contributed by atoms with van der Waals surface area (Å²) < 4.78 is 10.1. The number of para-hydroxylation sites is 1. The van der Waals surface area contributed by atoms with Crippen LogP contribution in [-0.2, 0) is 14.3 Å². The lowest BCUT2D eigenvalue weighted by molar-refractivity contribution is -0.153. The fourth-order valence-corrected chi connectivity index (χ4v) is 1.77.